The third kappa shape index (κ3) is 5.50. The minimum atomic E-state index is 0.290. The molecule has 0 rings (SSSR count). The smallest absolute Gasteiger partial charge is 0.0431 e. The molecule has 0 unspecified atom stereocenters. The third-order valence-electron chi connectivity index (χ3n) is 0.915. The topological polar surface area (TPSA) is 46.2 Å². The Hall–Kier alpha value is -0.500. The zero-order valence-corrected chi connectivity index (χ0v) is 5.01. The van der Waals surface area contributed by atoms with E-state index in [1.807, 2.05) is 6.08 Å². The van der Waals surface area contributed by atoms with Crippen LogP contribution in [0.1, 0.15) is 19.3 Å². The summed E-state index contributed by atoms with van der Waals surface area (Å²) in [6.07, 6.45) is 6.33. The SMILES string of the molecule is N/C=C\CCCCO. The summed E-state index contributed by atoms with van der Waals surface area (Å²) in [5, 5.41) is 8.31. The summed E-state index contributed by atoms with van der Waals surface area (Å²) in [7, 11) is 0. The van der Waals surface area contributed by atoms with Crippen molar-refractivity contribution in [1.82, 2.24) is 0 Å². The van der Waals surface area contributed by atoms with Crippen molar-refractivity contribution in [3.8, 4) is 0 Å². The molecule has 0 aliphatic heterocycles. The molecule has 0 amide bonds. The van der Waals surface area contributed by atoms with Gasteiger partial charge in [-0.2, -0.15) is 0 Å². The molecule has 8 heavy (non-hydrogen) atoms. The minimum absolute atomic E-state index is 0.290. The molecule has 0 aromatic heterocycles. The lowest BCUT2D eigenvalue weighted by Crippen LogP contribution is -1.81. The van der Waals surface area contributed by atoms with Gasteiger partial charge in [-0.15, -0.1) is 0 Å². The largest absolute Gasteiger partial charge is 0.405 e. The fourth-order valence-corrected chi connectivity index (χ4v) is 0.470. The minimum Gasteiger partial charge on any atom is -0.405 e. The van der Waals surface area contributed by atoms with E-state index < -0.39 is 0 Å². The lowest BCUT2D eigenvalue weighted by Gasteiger charge is -1.88. The number of aliphatic hydroxyl groups is 1. The summed E-state index contributed by atoms with van der Waals surface area (Å²) >= 11 is 0. The van der Waals surface area contributed by atoms with Gasteiger partial charge >= 0.3 is 0 Å². The maximum atomic E-state index is 8.31. The average molecular weight is 115 g/mol. The first-order valence-electron chi connectivity index (χ1n) is 2.89. The van der Waals surface area contributed by atoms with Gasteiger partial charge in [-0.25, -0.2) is 0 Å². The number of rotatable bonds is 4. The Balaban J connectivity index is 2.72. The standard InChI is InChI=1S/C6H13NO/c7-5-3-1-2-4-6-8/h3,5,8H,1-2,4,6-7H2/b5-3-. The zero-order chi connectivity index (χ0) is 6.24. The van der Waals surface area contributed by atoms with Gasteiger partial charge in [0.1, 0.15) is 0 Å². The van der Waals surface area contributed by atoms with Gasteiger partial charge in [-0.05, 0) is 25.5 Å². The van der Waals surface area contributed by atoms with Crippen LogP contribution in [0.5, 0.6) is 0 Å². The van der Waals surface area contributed by atoms with Gasteiger partial charge in [0.05, 0.1) is 0 Å². The van der Waals surface area contributed by atoms with E-state index in [0.717, 1.165) is 19.3 Å². The molecule has 0 bridgehead atoms. The van der Waals surface area contributed by atoms with Crippen LogP contribution in [0.4, 0.5) is 0 Å². The molecule has 2 heteroatoms. The van der Waals surface area contributed by atoms with Crippen molar-refractivity contribution in [2.45, 2.75) is 19.3 Å². The second kappa shape index (κ2) is 6.50. The first-order valence-corrected chi connectivity index (χ1v) is 2.89. The second-order valence-corrected chi connectivity index (χ2v) is 1.65. The maximum absolute atomic E-state index is 8.31. The highest BCUT2D eigenvalue weighted by Gasteiger charge is 1.79. The lowest BCUT2D eigenvalue weighted by molar-refractivity contribution is 0.285. The molecule has 48 valence electrons. The Bertz CT molecular complexity index is 61.5. The van der Waals surface area contributed by atoms with Gasteiger partial charge in [0.15, 0.2) is 0 Å². The second-order valence-electron chi connectivity index (χ2n) is 1.65. The van der Waals surface area contributed by atoms with E-state index in [1.54, 1.807) is 0 Å². The molecule has 3 N–H and O–H groups in total. The van der Waals surface area contributed by atoms with E-state index in [1.165, 1.54) is 6.20 Å². The predicted octanol–water partition coefficient (Wildman–Crippen LogP) is 0.621. The molecule has 0 aromatic carbocycles. The van der Waals surface area contributed by atoms with Crippen molar-refractivity contribution < 1.29 is 5.11 Å². The predicted molar refractivity (Wildman–Crippen MR) is 34.3 cm³/mol. The number of hydrogen-bond acceptors (Lipinski definition) is 2. The van der Waals surface area contributed by atoms with Crippen molar-refractivity contribution >= 4 is 0 Å². The highest BCUT2D eigenvalue weighted by Crippen LogP contribution is 1.93. The van der Waals surface area contributed by atoms with Crippen LogP contribution < -0.4 is 5.73 Å². The van der Waals surface area contributed by atoms with Gasteiger partial charge in [0.25, 0.3) is 0 Å². The molecule has 0 spiro atoms. The molecule has 0 radical (unpaired) electrons. The molecule has 0 fully saturated rings. The summed E-state index contributed by atoms with van der Waals surface area (Å²) in [5.41, 5.74) is 5.07. The molecule has 0 aliphatic rings. The normalized spacial score (nSPS) is 10.6. The van der Waals surface area contributed by atoms with Gasteiger partial charge in [0, 0.05) is 6.61 Å². The molecule has 0 saturated heterocycles. The number of hydrogen-bond donors (Lipinski definition) is 2. The average Bonchev–Trinajstić information content (AvgIpc) is 1.81. The van der Waals surface area contributed by atoms with Crippen molar-refractivity contribution in [1.29, 1.82) is 0 Å². The Morgan fingerprint density at radius 2 is 2.12 bits per heavy atom. The van der Waals surface area contributed by atoms with Crippen LogP contribution in [0.15, 0.2) is 12.3 Å². The molecular formula is C6H13NO. The van der Waals surface area contributed by atoms with Gasteiger partial charge in [0.2, 0.25) is 0 Å². The first kappa shape index (κ1) is 7.50. The molecular weight excluding hydrogens is 102 g/mol. The Labute approximate surface area is 50.0 Å². The summed E-state index contributed by atoms with van der Waals surface area (Å²) in [4.78, 5) is 0. The highest BCUT2D eigenvalue weighted by atomic mass is 16.2. The van der Waals surface area contributed by atoms with E-state index in [-0.39, 0.29) is 0 Å². The molecule has 0 saturated carbocycles. The Morgan fingerprint density at radius 3 is 2.62 bits per heavy atom. The number of aliphatic hydroxyl groups excluding tert-OH is 1. The Kier molecular flexibility index (Phi) is 6.09. The first-order chi connectivity index (χ1) is 3.91. The van der Waals surface area contributed by atoms with Crippen LogP contribution >= 0.6 is 0 Å². The van der Waals surface area contributed by atoms with Crippen molar-refractivity contribution in [3.05, 3.63) is 12.3 Å². The van der Waals surface area contributed by atoms with E-state index in [2.05, 4.69) is 0 Å². The number of allylic oxidation sites excluding steroid dienone is 1. The van der Waals surface area contributed by atoms with E-state index in [9.17, 15) is 0 Å². The fraction of sp³-hybridized carbons (Fsp3) is 0.667. The van der Waals surface area contributed by atoms with E-state index in [0.29, 0.717) is 6.61 Å². The maximum Gasteiger partial charge on any atom is 0.0431 e. The summed E-state index contributed by atoms with van der Waals surface area (Å²) in [6, 6.07) is 0. The molecule has 0 heterocycles. The number of nitrogens with two attached hydrogens (primary N) is 1. The summed E-state index contributed by atoms with van der Waals surface area (Å²) in [5.74, 6) is 0. The van der Waals surface area contributed by atoms with Crippen LogP contribution in [0.3, 0.4) is 0 Å². The van der Waals surface area contributed by atoms with Crippen molar-refractivity contribution in [2.75, 3.05) is 6.61 Å². The van der Waals surface area contributed by atoms with Crippen LogP contribution in [-0.4, -0.2) is 11.7 Å². The fourth-order valence-electron chi connectivity index (χ4n) is 0.470. The molecule has 0 aromatic rings. The monoisotopic (exact) mass is 115 g/mol. The van der Waals surface area contributed by atoms with Crippen LogP contribution in [0.2, 0.25) is 0 Å². The highest BCUT2D eigenvalue weighted by molar-refractivity contribution is 4.74. The molecule has 0 atom stereocenters. The van der Waals surface area contributed by atoms with Crippen molar-refractivity contribution in [3.63, 3.8) is 0 Å². The lowest BCUT2D eigenvalue weighted by atomic mass is 10.2. The summed E-state index contributed by atoms with van der Waals surface area (Å²) in [6.45, 7) is 0.290. The Morgan fingerprint density at radius 1 is 1.38 bits per heavy atom. The van der Waals surface area contributed by atoms with Crippen molar-refractivity contribution in [2.24, 2.45) is 5.73 Å². The van der Waals surface area contributed by atoms with Crippen LogP contribution in [-0.2, 0) is 0 Å². The van der Waals surface area contributed by atoms with E-state index >= 15 is 0 Å². The molecule has 0 aliphatic carbocycles. The van der Waals surface area contributed by atoms with Crippen LogP contribution in [0.25, 0.3) is 0 Å². The number of unbranched alkanes of at least 4 members (excludes halogenated alkanes) is 2. The quantitative estimate of drug-likeness (QED) is 0.528. The zero-order valence-electron chi connectivity index (χ0n) is 5.01. The van der Waals surface area contributed by atoms with Crippen LogP contribution in [0, 0.1) is 0 Å². The van der Waals surface area contributed by atoms with Gasteiger partial charge < -0.3 is 10.8 Å². The van der Waals surface area contributed by atoms with Gasteiger partial charge in [-0.1, -0.05) is 6.08 Å². The van der Waals surface area contributed by atoms with Gasteiger partial charge in [-0.3, -0.25) is 0 Å². The third-order valence-corrected chi connectivity index (χ3v) is 0.915. The molecule has 2 nitrogen and oxygen atoms in total. The summed E-state index contributed by atoms with van der Waals surface area (Å²) < 4.78 is 0. The van der Waals surface area contributed by atoms with E-state index in [4.69, 9.17) is 10.8 Å².